The molecular weight excluding hydrogens is 281 g/mol. The minimum atomic E-state index is -4.35. The second-order valence-corrected chi connectivity index (χ2v) is 5.02. The Morgan fingerprint density at radius 1 is 1.38 bits per heavy atom. The van der Waals surface area contributed by atoms with Crippen molar-refractivity contribution in [3.8, 4) is 11.8 Å². The zero-order chi connectivity index (χ0) is 15.9. The smallest absolute Gasteiger partial charge is 0.416 e. The number of hydrogen-bond donors (Lipinski definition) is 0. The van der Waals surface area contributed by atoms with Crippen LogP contribution in [-0.4, -0.2) is 31.6 Å². The van der Waals surface area contributed by atoms with Gasteiger partial charge in [-0.1, -0.05) is 6.07 Å². The van der Waals surface area contributed by atoms with Gasteiger partial charge < -0.3 is 9.64 Å². The van der Waals surface area contributed by atoms with Crippen LogP contribution in [0.5, 0.6) is 5.75 Å². The average molecular weight is 300 g/mol. The van der Waals surface area contributed by atoms with Gasteiger partial charge in [0.05, 0.1) is 24.2 Å². The van der Waals surface area contributed by atoms with Gasteiger partial charge in [0.25, 0.3) is 0 Å². The number of nitrogens with zero attached hydrogens (tertiary/aromatic N) is 2. The van der Waals surface area contributed by atoms with Crippen LogP contribution in [0.15, 0.2) is 24.3 Å². The average Bonchev–Trinajstić information content (AvgIpc) is 2.43. The first-order valence-electron chi connectivity index (χ1n) is 6.71. The zero-order valence-corrected chi connectivity index (χ0v) is 12.2. The lowest BCUT2D eigenvalue weighted by atomic mass is 10.2. The monoisotopic (exact) mass is 300 g/mol. The molecule has 0 aliphatic carbocycles. The lowest BCUT2D eigenvalue weighted by molar-refractivity contribution is -0.137. The lowest BCUT2D eigenvalue weighted by Crippen LogP contribution is -2.25. The predicted octanol–water partition coefficient (Wildman–Crippen LogP) is 3.57. The topological polar surface area (TPSA) is 36.3 Å². The fourth-order valence-electron chi connectivity index (χ4n) is 1.89. The number of rotatable bonds is 7. The highest BCUT2D eigenvalue weighted by Crippen LogP contribution is 2.31. The van der Waals surface area contributed by atoms with E-state index in [2.05, 4.69) is 6.07 Å². The van der Waals surface area contributed by atoms with Crippen LogP contribution in [0.1, 0.15) is 18.9 Å². The molecule has 0 saturated heterocycles. The molecule has 0 aromatic heterocycles. The molecule has 0 amide bonds. The molecule has 1 aromatic carbocycles. The van der Waals surface area contributed by atoms with Crippen molar-refractivity contribution in [2.45, 2.75) is 19.5 Å². The molecule has 116 valence electrons. The fraction of sp³-hybridized carbons (Fsp3) is 0.533. The zero-order valence-electron chi connectivity index (χ0n) is 12.2. The van der Waals surface area contributed by atoms with E-state index in [0.29, 0.717) is 19.6 Å². The van der Waals surface area contributed by atoms with Crippen molar-refractivity contribution in [1.82, 2.24) is 4.90 Å². The molecule has 0 heterocycles. The molecule has 3 nitrogen and oxygen atoms in total. The molecule has 0 N–H and O–H groups in total. The van der Waals surface area contributed by atoms with Gasteiger partial charge in [0.1, 0.15) is 5.75 Å². The predicted molar refractivity (Wildman–Crippen MR) is 73.8 cm³/mol. The molecule has 0 fully saturated rings. The molecule has 1 rings (SSSR count). The number of benzene rings is 1. The summed E-state index contributed by atoms with van der Waals surface area (Å²) in [4.78, 5) is 2.00. The standard InChI is InChI=1S/C15H19F3N2O/c1-12(10-19)11-20(2)7-4-8-21-14-6-3-5-13(9-14)15(16,17)18/h3,5-6,9,12H,4,7-8,11H2,1-2H3. The van der Waals surface area contributed by atoms with Gasteiger partial charge in [0.15, 0.2) is 0 Å². The number of nitriles is 1. The molecule has 0 radical (unpaired) electrons. The van der Waals surface area contributed by atoms with Crippen molar-refractivity contribution >= 4 is 0 Å². The number of ether oxygens (including phenoxy) is 1. The Labute approximate surface area is 122 Å². The minimum absolute atomic E-state index is 0.0422. The van der Waals surface area contributed by atoms with E-state index in [-0.39, 0.29) is 11.7 Å². The van der Waals surface area contributed by atoms with Crippen LogP contribution in [0.4, 0.5) is 13.2 Å². The Bertz CT molecular complexity index is 483. The molecule has 0 aliphatic rings. The second kappa shape index (κ2) is 7.89. The third kappa shape index (κ3) is 6.50. The van der Waals surface area contributed by atoms with Crippen molar-refractivity contribution in [2.75, 3.05) is 26.7 Å². The minimum Gasteiger partial charge on any atom is -0.494 e. The molecule has 0 spiro atoms. The Morgan fingerprint density at radius 3 is 2.71 bits per heavy atom. The van der Waals surface area contributed by atoms with Crippen LogP contribution in [0, 0.1) is 17.2 Å². The molecule has 21 heavy (non-hydrogen) atoms. The molecule has 1 atom stereocenters. The van der Waals surface area contributed by atoms with Crippen LogP contribution in [0.2, 0.25) is 0 Å². The van der Waals surface area contributed by atoms with Crippen LogP contribution in [0.25, 0.3) is 0 Å². The highest BCUT2D eigenvalue weighted by Gasteiger charge is 2.30. The Balaban J connectivity index is 2.35. The molecule has 1 aromatic rings. The van der Waals surface area contributed by atoms with E-state index in [0.717, 1.165) is 18.7 Å². The van der Waals surface area contributed by atoms with Crippen LogP contribution in [0.3, 0.4) is 0 Å². The second-order valence-electron chi connectivity index (χ2n) is 5.02. The Kier molecular flexibility index (Phi) is 6.50. The van der Waals surface area contributed by atoms with Gasteiger partial charge in [-0.15, -0.1) is 0 Å². The van der Waals surface area contributed by atoms with E-state index in [9.17, 15) is 13.2 Å². The maximum Gasteiger partial charge on any atom is 0.416 e. The molecule has 6 heteroatoms. The van der Waals surface area contributed by atoms with Gasteiger partial charge >= 0.3 is 6.18 Å². The Morgan fingerprint density at radius 2 is 2.10 bits per heavy atom. The molecule has 1 unspecified atom stereocenters. The first kappa shape index (κ1) is 17.3. The number of halogens is 3. The van der Waals surface area contributed by atoms with Crippen molar-refractivity contribution in [3.05, 3.63) is 29.8 Å². The summed E-state index contributed by atoms with van der Waals surface area (Å²) < 4.78 is 42.9. The summed E-state index contributed by atoms with van der Waals surface area (Å²) in [6.07, 6.45) is -3.67. The summed E-state index contributed by atoms with van der Waals surface area (Å²) in [5.74, 6) is 0.178. The molecule has 0 aliphatic heterocycles. The maximum atomic E-state index is 12.5. The van der Waals surface area contributed by atoms with E-state index in [1.807, 2.05) is 18.9 Å². The van der Waals surface area contributed by atoms with Crippen molar-refractivity contribution in [1.29, 1.82) is 5.26 Å². The summed E-state index contributed by atoms with van der Waals surface area (Å²) in [6.45, 7) is 3.58. The first-order chi connectivity index (χ1) is 9.82. The summed E-state index contributed by atoms with van der Waals surface area (Å²) in [7, 11) is 1.90. The molecule has 0 saturated carbocycles. The largest absolute Gasteiger partial charge is 0.494 e. The first-order valence-corrected chi connectivity index (χ1v) is 6.71. The normalized spacial score (nSPS) is 13.0. The highest BCUT2D eigenvalue weighted by molar-refractivity contribution is 5.30. The number of alkyl halides is 3. The van der Waals surface area contributed by atoms with Crippen LogP contribution in [-0.2, 0) is 6.18 Å². The van der Waals surface area contributed by atoms with E-state index in [4.69, 9.17) is 10.00 Å². The third-order valence-electron chi connectivity index (χ3n) is 2.92. The van der Waals surface area contributed by atoms with E-state index >= 15 is 0 Å². The summed E-state index contributed by atoms with van der Waals surface area (Å²) >= 11 is 0. The van der Waals surface area contributed by atoms with Gasteiger partial charge in [-0.2, -0.15) is 18.4 Å². The van der Waals surface area contributed by atoms with Crippen molar-refractivity contribution in [2.24, 2.45) is 5.92 Å². The van der Waals surface area contributed by atoms with Gasteiger partial charge in [-0.3, -0.25) is 0 Å². The van der Waals surface area contributed by atoms with E-state index < -0.39 is 11.7 Å². The van der Waals surface area contributed by atoms with E-state index in [1.54, 1.807) is 0 Å². The summed E-state index contributed by atoms with van der Waals surface area (Å²) in [5.41, 5.74) is -0.708. The quantitative estimate of drug-likeness (QED) is 0.722. The van der Waals surface area contributed by atoms with Gasteiger partial charge in [-0.05, 0) is 38.6 Å². The van der Waals surface area contributed by atoms with Crippen molar-refractivity contribution < 1.29 is 17.9 Å². The maximum absolute atomic E-state index is 12.5. The SMILES string of the molecule is CC(C#N)CN(C)CCCOc1cccc(C(F)(F)F)c1. The number of hydrogen-bond acceptors (Lipinski definition) is 3. The van der Waals surface area contributed by atoms with Gasteiger partial charge in [0, 0.05) is 13.1 Å². The van der Waals surface area contributed by atoms with E-state index in [1.165, 1.54) is 12.1 Å². The third-order valence-corrected chi connectivity index (χ3v) is 2.92. The molecule has 0 bridgehead atoms. The van der Waals surface area contributed by atoms with Gasteiger partial charge in [0.2, 0.25) is 0 Å². The summed E-state index contributed by atoms with van der Waals surface area (Å²) in [5, 5.41) is 8.70. The van der Waals surface area contributed by atoms with Crippen LogP contribution < -0.4 is 4.74 Å². The summed E-state index contributed by atoms with van der Waals surface area (Å²) in [6, 6.07) is 7.02. The highest BCUT2D eigenvalue weighted by atomic mass is 19.4. The van der Waals surface area contributed by atoms with Crippen LogP contribution >= 0.6 is 0 Å². The Hall–Kier alpha value is -1.74. The lowest BCUT2D eigenvalue weighted by Gasteiger charge is -2.17. The molecular formula is C15H19F3N2O. The van der Waals surface area contributed by atoms with Crippen molar-refractivity contribution in [3.63, 3.8) is 0 Å². The fourth-order valence-corrected chi connectivity index (χ4v) is 1.89. The van der Waals surface area contributed by atoms with Gasteiger partial charge in [-0.25, -0.2) is 0 Å².